The predicted molar refractivity (Wildman–Crippen MR) is 192 cm³/mol. The van der Waals surface area contributed by atoms with E-state index in [1.807, 2.05) is 0 Å². The largest absolute Gasteiger partial charge is 1.00 e. The van der Waals surface area contributed by atoms with Crippen molar-refractivity contribution in [3.63, 3.8) is 0 Å². The minimum atomic E-state index is -2.81. The molecular weight excluding hydrogens is 695 g/mol. The summed E-state index contributed by atoms with van der Waals surface area (Å²) in [6.45, 7) is 21.8. The molecule has 0 saturated carbocycles. The number of fused-ring (bicyclic) bond motifs is 3. The second-order valence-electron chi connectivity index (χ2n) is 15.8. The molecule has 4 aromatic carbocycles. The molecule has 0 heterocycles. The van der Waals surface area contributed by atoms with Crippen molar-refractivity contribution >= 4 is 14.6 Å². The standard InChI is InChI=1S/C21H25.C13H10.C8H13Si.2ClH.Zr/c1-20(2,3)16-7-9-18-14(12-16)11-15-13-17(21(4,5)6)8-10-19(15)18;1-3-7-12(8-4-1)11-13-9-5-2-6-10-13;1-9(2,3)8-6-4-5-7-8;;;/h7-10,12H,11H2,1-6H3;1-10H;6-7H,4H2,1-3H3;2*1H;/q;;;;;+2/p-2. The molecule has 2 aliphatic carbocycles. The second-order valence-corrected chi connectivity index (χ2v) is 26.8. The van der Waals surface area contributed by atoms with Crippen molar-refractivity contribution in [3.05, 3.63) is 145 Å². The van der Waals surface area contributed by atoms with Gasteiger partial charge in [-0.15, -0.1) is 0 Å². The zero-order valence-electron chi connectivity index (χ0n) is 29.0. The fourth-order valence-corrected chi connectivity index (χ4v) is 17.7. The van der Waals surface area contributed by atoms with Crippen molar-refractivity contribution in [1.29, 1.82) is 0 Å². The van der Waals surface area contributed by atoms with Crippen molar-refractivity contribution in [2.75, 3.05) is 0 Å². The van der Waals surface area contributed by atoms with Crippen molar-refractivity contribution < 1.29 is 46.1 Å². The number of benzene rings is 4. The topological polar surface area (TPSA) is 0 Å². The predicted octanol–water partition coefficient (Wildman–Crippen LogP) is 4.46. The second kappa shape index (κ2) is 13.8. The molecule has 0 unspecified atom stereocenters. The molecule has 0 atom stereocenters. The molecule has 0 saturated heterocycles. The third-order valence-electron chi connectivity index (χ3n) is 9.43. The Balaban J connectivity index is 0.00000240. The molecule has 238 valence electrons. The molecule has 0 aromatic heterocycles. The van der Waals surface area contributed by atoms with Crippen LogP contribution in [0.5, 0.6) is 0 Å². The molecule has 0 radical (unpaired) electrons. The average molecular weight is 743 g/mol. The van der Waals surface area contributed by atoms with E-state index in [1.165, 1.54) is 33.4 Å². The van der Waals surface area contributed by atoms with Gasteiger partial charge in [-0.25, -0.2) is 0 Å². The number of allylic oxidation sites excluding steroid dienone is 4. The third-order valence-corrected chi connectivity index (χ3v) is 19.2. The van der Waals surface area contributed by atoms with E-state index in [9.17, 15) is 0 Å². The van der Waals surface area contributed by atoms with Crippen molar-refractivity contribution in [2.45, 2.75) is 84.9 Å². The van der Waals surface area contributed by atoms with Gasteiger partial charge in [0.15, 0.2) is 0 Å². The van der Waals surface area contributed by atoms with Gasteiger partial charge in [0.25, 0.3) is 0 Å². The average Bonchev–Trinajstić information content (AvgIpc) is 3.61. The number of hydrogen-bond donors (Lipinski definition) is 0. The van der Waals surface area contributed by atoms with E-state index in [2.05, 4.69) is 164 Å². The van der Waals surface area contributed by atoms with Gasteiger partial charge in [0.2, 0.25) is 0 Å². The minimum Gasteiger partial charge on any atom is -1.00 e. The quantitative estimate of drug-likeness (QED) is 0.234. The molecule has 0 spiro atoms. The number of hydrogen-bond acceptors (Lipinski definition) is 0. The first-order chi connectivity index (χ1) is 20.7. The minimum absolute atomic E-state index is 0. The van der Waals surface area contributed by atoms with Crippen LogP contribution >= 0.6 is 0 Å². The Bertz CT molecular complexity index is 1790. The Morgan fingerprint density at radius 2 is 1.24 bits per heavy atom. The maximum atomic E-state index is 2.69. The van der Waals surface area contributed by atoms with Crippen LogP contribution in [-0.4, -0.2) is 11.3 Å². The molecule has 0 N–H and O–H groups in total. The fraction of sp³-hybridized carbons (Fsp3) is 0.310. The first kappa shape index (κ1) is 36.7. The van der Waals surface area contributed by atoms with Crippen molar-refractivity contribution in [1.82, 2.24) is 0 Å². The third kappa shape index (κ3) is 7.17. The smallest absolute Gasteiger partial charge is 1.00 e. The molecule has 0 nitrogen and oxygen atoms in total. The molecule has 4 heteroatoms. The summed E-state index contributed by atoms with van der Waals surface area (Å²) in [6.07, 6.45) is 7.43. The Labute approximate surface area is 299 Å². The summed E-state index contributed by atoms with van der Waals surface area (Å²) < 4.78 is 5.08. The molecular formula is C42H48Cl2SiZr. The number of halogens is 2. The molecule has 46 heavy (non-hydrogen) atoms. The monoisotopic (exact) mass is 740 g/mol. The maximum Gasteiger partial charge on any atom is -1.00 e. The Hall–Kier alpha value is -2.09. The van der Waals surface area contributed by atoms with E-state index < -0.39 is 29.3 Å². The summed E-state index contributed by atoms with van der Waals surface area (Å²) in [4.78, 5) is 0. The molecule has 2 aliphatic rings. The van der Waals surface area contributed by atoms with Gasteiger partial charge >= 0.3 is 277 Å². The summed E-state index contributed by atoms with van der Waals surface area (Å²) in [5, 5.41) is 1.63. The van der Waals surface area contributed by atoms with Crippen LogP contribution in [0.1, 0.15) is 81.3 Å². The zero-order valence-corrected chi connectivity index (χ0v) is 34.0. The van der Waals surface area contributed by atoms with Crippen LogP contribution in [0.4, 0.5) is 0 Å². The van der Waals surface area contributed by atoms with Gasteiger partial charge in [-0.3, -0.25) is 0 Å². The van der Waals surface area contributed by atoms with Crippen LogP contribution in [0.3, 0.4) is 0 Å². The summed E-state index contributed by atoms with van der Waals surface area (Å²) in [5.41, 5.74) is 12.0. The van der Waals surface area contributed by atoms with Crippen molar-refractivity contribution in [2.24, 2.45) is 0 Å². The van der Waals surface area contributed by atoms with Gasteiger partial charge in [-0.1, -0.05) is 0 Å². The normalized spacial score (nSPS) is 13.7. The van der Waals surface area contributed by atoms with Gasteiger partial charge in [-0.05, 0) is 0 Å². The van der Waals surface area contributed by atoms with E-state index in [0.29, 0.717) is 0 Å². The van der Waals surface area contributed by atoms with Gasteiger partial charge in [0.1, 0.15) is 0 Å². The molecule has 4 aromatic rings. The molecule has 0 amide bonds. The Morgan fingerprint density at radius 3 is 1.74 bits per heavy atom. The Morgan fingerprint density at radius 1 is 0.674 bits per heavy atom. The summed E-state index contributed by atoms with van der Waals surface area (Å²) in [5.74, 6) is 0. The van der Waals surface area contributed by atoms with E-state index >= 15 is 0 Å². The van der Waals surface area contributed by atoms with Crippen LogP contribution in [-0.2, 0) is 38.5 Å². The molecule has 0 fully saturated rings. The van der Waals surface area contributed by atoms with Crippen LogP contribution in [0.2, 0.25) is 19.6 Å². The van der Waals surface area contributed by atoms with E-state index in [-0.39, 0.29) is 35.6 Å². The summed E-state index contributed by atoms with van der Waals surface area (Å²) in [7, 11) is -1.45. The van der Waals surface area contributed by atoms with Gasteiger partial charge < -0.3 is 24.8 Å². The van der Waals surface area contributed by atoms with E-state index in [4.69, 9.17) is 0 Å². The summed E-state index contributed by atoms with van der Waals surface area (Å²) in [6, 6.07) is 35.0. The van der Waals surface area contributed by atoms with Gasteiger partial charge in [0.05, 0.1) is 0 Å². The fourth-order valence-electron chi connectivity index (χ4n) is 6.99. The van der Waals surface area contributed by atoms with Crippen LogP contribution in [0, 0.1) is 0 Å². The van der Waals surface area contributed by atoms with E-state index in [1.54, 1.807) is 26.1 Å². The van der Waals surface area contributed by atoms with E-state index in [0.717, 1.165) is 12.8 Å². The van der Waals surface area contributed by atoms with Gasteiger partial charge in [-0.2, -0.15) is 0 Å². The first-order valence-corrected chi connectivity index (χ1v) is 23.5. The Kier molecular flexibility index (Phi) is 11.0. The van der Waals surface area contributed by atoms with Crippen LogP contribution in [0.15, 0.2) is 112 Å². The molecule has 0 bridgehead atoms. The number of rotatable bonds is 5. The zero-order chi connectivity index (χ0) is 31.4. The van der Waals surface area contributed by atoms with Gasteiger partial charge in [0, 0.05) is 0 Å². The summed E-state index contributed by atoms with van der Waals surface area (Å²) >= 11 is -2.81. The first-order valence-electron chi connectivity index (χ1n) is 16.3. The maximum absolute atomic E-state index is 2.81. The van der Waals surface area contributed by atoms with Crippen LogP contribution in [0.25, 0.3) is 11.1 Å². The molecule has 6 rings (SSSR count). The van der Waals surface area contributed by atoms with Crippen molar-refractivity contribution in [3.8, 4) is 11.1 Å². The SMILES string of the molecule is CC(C)(C)c1ccc2c(c1)Cc1c-2ccc(C(C)(C)C)[c]1[Zr+2]([C]1=CC([Si](C)(C)C)=CC1)=[C](c1ccccc1)c1ccccc1.[Cl-].[Cl-]. The molecule has 0 aliphatic heterocycles. The van der Waals surface area contributed by atoms with Crippen LogP contribution < -0.4 is 28.1 Å².